The van der Waals surface area contributed by atoms with E-state index in [1.807, 2.05) is 0 Å². The summed E-state index contributed by atoms with van der Waals surface area (Å²) in [6.07, 6.45) is 3.28. The van der Waals surface area contributed by atoms with Gasteiger partial charge in [0, 0.05) is 18.2 Å². The van der Waals surface area contributed by atoms with Crippen molar-refractivity contribution in [2.75, 3.05) is 5.32 Å². The number of nitrogens with one attached hydrogen (secondary N) is 1. The van der Waals surface area contributed by atoms with Gasteiger partial charge in [-0.05, 0) is 36.0 Å². The van der Waals surface area contributed by atoms with E-state index >= 15 is 0 Å². The molecule has 1 amide bonds. The SMILES string of the molecule is CCc1cc(C(N)CC)cc2c1NC(=O)CC2. The van der Waals surface area contributed by atoms with Gasteiger partial charge in [-0.1, -0.05) is 26.0 Å². The van der Waals surface area contributed by atoms with Gasteiger partial charge in [0.15, 0.2) is 0 Å². The Kier molecular flexibility index (Phi) is 3.48. The molecule has 0 aromatic heterocycles. The summed E-state index contributed by atoms with van der Waals surface area (Å²) < 4.78 is 0. The summed E-state index contributed by atoms with van der Waals surface area (Å²) in [6, 6.07) is 4.39. The zero-order chi connectivity index (χ0) is 12.4. The highest BCUT2D eigenvalue weighted by Crippen LogP contribution is 2.30. The fourth-order valence-electron chi connectivity index (χ4n) is 2.33. The Labute approximate surface area is 102 Å². The largest absolute Gasteiger partial charge is 0.326 e. The Hall–Kier alpha value is -1.35. The van der Waals surface area contributed by atoms with E-state index in [4.69, 9.17) is 5.73 Å². The molecule has 2 rings (SSSR count). The quantitative estimate of drug-likeness (QED) is 0.841. The van der Waals surface area contributed by atoms with E-state index in [1.165, 1.54) is 16.7 Å². The van der Waals surface area contributed by atoms with Crippen molar-refractivity contribution in [1.82, 2.24) is 0 Å². The monoisotopic (exact) mass is 232 g/mol. The Morgan fingerprint density at radius 2 is 2.12 bits per heavy atom. The highest BCUT2D eigenvalue weighted by Gasteiger charge is 2.19. The molecule has 0 fully saturated rings. The predicted octanol–water partition coefficient (Wildman–Crippen LogP) is 2.54. The van der Waals surface area contributed by atoms with Crippen molar-refractivity contribution in [2.24, 2.45) is 5.73 Å². The van der Waals surface area contributed by atoms with Crippen LogP contribution in [-0.4, -0.2) is 5.91 Å². The highest BCUT2D eigenvalue weighted by atomic mass is 16.1. The molecular formula is C14H20N2O. The molecule has 0 saturated carbocycles. The average molecular weight is 232 g/mol. The third kappa shape index (κ3) is 2.34. The van der Waals surface area contributed by atoms with Gasteiger partial charge in [-0.3, -0.25) is 4.79 Å². The first-order valence-corrected chi connectivity index (χ1v) is 6.36. The number of benzene rings is 1. The standard InChI is InChI=1S/C14H20N2O/c1-3-9-7-11(12(15)4-2)8-10-5-6-13(17)16-14(9)10/h7-8,12H,3-6,15H2,1-2H3,(H,16,17). The summed E-state index contributed by atoms with van der Waals surface area (Å²) in [6.45, 7) is 4.20. The Balaban J connectivity index is 2.46. The second kappa shape index (κ2) is 4.88. The molecule has 0 saturated heterocycles. The Bertz CT molecular complexity index is 423. The zero-order valence-corrected chi connectivity index (χ0v) is 10.5. The minimum absolute atomic E-state index is 0.100. The van der Waals surface area contributed by atoms with Crippen LogP contribution in [0.15, 0.2) is 12.1 Å². The van der Waals surface area contributed by atoms with E-state index in [9.17, 15) is 4.79 Å². The van der Waals surface area contributed by atoms with Crippen LogP contribution in [0.1, 0.15) is 49.4 Å². The van der Waals surface area contributed by atoms with Gasteiger partial charge in [0.1, 0.15) is 0 Å². The van der Waals surface area contributed by atoms with Gasteiger partial charge in [-0.2, -0.15) is 0 Å². The van der Waals surface area contributed by atoms with Crippen LogP contribution < -0.4 is 11.1 Å². The summed E-state index contributed by atoms with van der Waals surface area (Å²) in [5.74, 6) is 0.125. The molecule has 1 aliphatic heterocycles. The van der Waals surface area contributed by atoms with Gasteiger partial charge >= 0.3 is 0 Å². The number of rotatable bonds is 3. The molecule has 1 heterocycles. The molecule has 0 spiro atoms. The molecule has 1 atom stereocenters. The first-order chi connectivity index (χ1) is 8.15. The summed E-state index contributed by atoms with van der Waals surface area (Å²) in [7, 11) is 0. The lowest BCUT2D eigenvalue weighted by atomic mass is 9.92. The molecule has 0 radical (unpaired) electrons. The van der Waals surface area contributed by atoms with Crippen molar-refractivity contribution in [3.63, 3.8) is 0 Å². The molecule has 17 heavy (non-hydrogen) atoms. The normalized spacial score (nSPS) is 16.3. The van der Waals surface area contributed by atoms with E-state index in [0.29, 0.717) is 6.42 Å². The molecule has 1 aromatic carbocycles. The average Bonchev–Trinajstić information content (AvgIpc) is 2.36. The number of anilines is 1. The summed E-state index contributed by atoms with van der Waals surface area (Å²) in [4.78, 5) is 11.4. The van der Waals surface area contributed by atoms with Crippen LogP contribution in [0.4, 0.5) is 5.69 Å². The number of nitrogens with two attached hydrogens (primary N) is 1. The molecule has 1 aliphatic rings. The van der Waals surface area contributed by atoms with Crippen molar-refractivity contribution >= 4 is 11.6 Å². The fourth-order valence-corrected chi connectivity index (χ4v) is 2.33. The lowest BCUT2D eigenvalue weighted by molar-refractivity contribution is -0.116. The van der Waals surface area contributed by atoms with Crippen LogP contribution in [-0.2, 0) is 17.6 Å². The maximum Gasteiger partial charge on any atom is 0.224 e. The summed E-state index contributed by atoms with van der Waals surface area (Å²) >= 11 is 0. The smallest absolute Gasteiger partial charge is 0.224 e. The van der Waals surface area contributed by atoms with Crippen molar-refractivity contribution in [1.29, 1.82) is 0 Å². The third-order valence-electron chi connectivity index (χ3n) is 3.46. The topological polar surface area (TPSA) is 55.1 Å². The van der Waals surface area contributed by atoms with Crippen molar-refractivity contribution in [3.05, 3.63) is 28.8 Å². The van der Waals surface area contributed by atoms with Gasteiger partial charge in [0.2, 0.25) is 5.91 Å². The first kappa shape index (κ1) is 12.1. The number of carbonyl (C=O) groups is 1. The zero-order valence-electron chi connectivity index (χ0n) is 10.5. The number of hydrogen-bond donors (Lipinski definition) is 2. The number of fused-ring (bicyclic) bond motifs is 1. The van der Waals surface area contributed by atoms with E-state index in [1.54, 1.807) is 0 Å². The lowest BCUT2D eigenvalue weighted by Gasteiger charge is -2.22. The van der Waals surface area contributed by atoms with Crippen LogP contribution in [0.3, 0.4) is 0 Å². The molecule has 3 heteroatoms. The maximum atomic E-state index is 11.4. The molecule has 3 N–H and O–H groups in total. The second-order valence-corrected chi connectivity index (χ2v) is 4.63. The molecule has 3 nitrogen and oxygen atoms in total. The van der Waals surface area contributed by atoms with Crippen LogP contribution in [0, 0.1) is 0 Å². The van der Waals surface area contributed by atoms with Crippen molar-refractivity contribution < 1.29 is 4.79 Å². The van der Waals surface area contributed by atoms with Gasteiger partial charge in [-0.25, -0.2) is 0 Å². The number of aryl methyl sites for hydroxylation is 2. The van der Waals surface area contributed by atoms with Crippen LogP contribution in [0.25, 0.3) is 0 Å². The second-order valence-electron chi connectivity index (χ2n) is 4.63. The number of carbonyl (C=O) groups excluding carboxylic acids is 1. The van der Waals surface area contributed by atoms with Crippen LogP contribution >= 0.6 is 0 Å². The third-order valence-corrected chi connectivity index (χ3v) is 3.46. The predicted molar refractivity (Wildman–Crippen MR) is 70.0 cm³/mol. The summed E-state index contributed by atoms with van der Waals surface area (Å²) in [5, 5.41) is 2.98. The van der Waals surface area contributed by atoms with E-state index in [-0.39, 0.29) is 11.9 Å². The molecular weight excluding hydrogens is 212 g/mol. The van der Waals surface area contributed by atoms with E-state index < -0.39 is 0 Å². The minimum atomic E-state index is 0.100. The molecule has 0 aliphatic carbocycles. The molecule has 92 valence electrons. The maximum absolute atomic E-state index is 11.4. The van der Waals surface area contributed by atoms with Crippen molar-refractivity contribution in [2.45, 2.75) is 45.6 Å². The fraction of sp³-hybridized carbons (Fsp3) is 0.500. The van der Waals surface area contributed by atoms with Gasteiger partial charge in [-0.15, -0.1) is 0 Å². The van der Waals surface area contributed by atoms with Gasteiger partial charge < -0.3 is 11.1 Å². The summed E-state index contributed by atoms with van der Waals surface area (Å²) in [5.41, 5.74) is 10.8. The molecule has 1 unspecified atom stereocenters. The highest BCUT2D eigenvalue weighted by molar-refractivity contribution is 5.94. The number of amides is 1. The first-order valence-electron chi connectivity index (χ1n) is 6.36. The molecule has 1 aromatic rings. The Morgan fingerprint density at radius 3 is 2.76 bits per heavy atom. The van der Waals surface area contributed by atoms with E-state index in [0.717, 1.165) is 24.9 Å². The lowest BCUT2D eigenvalue weighted by Crippen LogP contribution is -2.21. The van der Waals surface area contributed by atoms with Gasteiger partial charge in [0.05, 0.1) is 0 Å². The van der Waals surface area contributed by atoms with Crippen molar-refractivity contribution in [3.8, 4) is 0 Å². The minimum Gasteiger partial charge on any atom is -0.326 e. The van der Waals surface area contributed by atoms with E-state index in [2.05, 4.69) is 31.3 Å². The number of hydrogen-bond acceptors (Lipinski definition) is 2. The Morgan fingerprint density at radius 1 is 1.35 bits per heavy atom. The van der Waals surface area contributed by atoms with Gasteiger partial charge in [0.25, 0.3) is 0 Å². The van der Waals surface area contributed by atoms with Crippen LogP contribution in [0.2, 0.25) is 0 Å². The van der Waals surface area contributed by atoms with Crippen LogP contribution in [0.5, 0.6) is 0 Å². The molecule has 0 bridgehead atoms.